The number of carbonyl (C=O) groups is 1. The molecule has 0 saturated carbocycles. The van der Waals surface area contributed by atoms with Crippen LogP contribution in [0.3, 0.4) is 0 Å². The van der Waals surface area contributed by atoms with Gasteiger partial charge in [0, 0.05) is 11.6 Å². The molecule has 2 aromatic rings. The number of likely N-dealkylation sites (N-methyl/N-ethyl adjacent to an activating group) is 1. The Labute approximate surface area is 153 Å². The van der Waals surface area contributed by atoms with Crippen LogP contribution in [0.5, 0.6) is 0 Å². The molecular weight excluding hydrogens is 343 g/mol. The lowest BCUT2D eigenvalue weighted by Crippen LogP contribution is -2.38. The Hall–Kier alpha value is -1.55. The molecule has 2 aromatic carbocycles. The molecule has 1 unspecified atom stereocenters. The highest BCUT2D eigenvalue weighted by Gasteiger charge is 2.19. The van der Waals surface area contributed by atoms with E-state index in [0.29, 0.717) is 22.2 Å². The minimum Gasteiger partial charge on any atom is -0.350 e. The summed E-state index contributed by atoms with van der Waals surface area (Å²) in [5.74, 6) is -0.212. The van der Waals surface area contributed by atoms with Crippen molar-refractivity contribution in [2.24, 2.45) is 0 Å². The molecule has 0 aromatic heterocycles. The molecule has 2 rings (SSSR count). The van der Waals surface area contributed by atoms with Crippen molar-refractivity contribution in [3.63, 3.8) is 0 Å². The predicted molar refractivity (Wildman–Crippen MR) is 101 cm³/mol. The van der Waals surface area contributed by atoms with Crippen LogP contribution in [-0.2, 0) is 0 Å². The molecule has 24 heavy (non-hydrogen) atoms. The second kappa shape index (κ2) is 9.07. The summed E-state index contributed by atoms with van der Waals surface area (Å²) in [5, 5.41) is 3.88. The minimum atomic E-state index is -0.212. The van der Waals surface area contributed by atoms with E-state index in [2.05, 4.69) is 36.2 Å². The molecule has 1 amide bonds. The lowest BCUT2D eigenvalue weighted by Gasteiger charge is -2.30. The van der Waals surface area contributed by atoms with Gasteiger partial charge in [-0.25, -0.2) is 0 Å². The number of nitrogens with zero attached hydrogens (tertiary/aromatic N) is 1. The molecule has 128 valence electrons. The topological polar surface area (TPSA) is 32.3 Å². The van der Waals surface area contributed by atoms with Crippen molar-refractivity contribution >= 4 is 29.1 Å². The molecule has 0 aliphatic carbocycles. The zero-order chi connectivity index (χ0) is 17.5. The van der Waals surface area contributed by atoms with Crippen LogP contribution in [-0.4, -0.2) is 30.4 Å². The molecule has 0 spiro atoms. The average molecular weight is 365 g/mol. The van der Waals surface area contributed by atoms with Crippen LogP contribution in [0.25, 0.3) is 0 Å². The van der Waals surface area contributed by atoms with Crippen LogP contribution in [0.15, 0.2) is 48.5 Å². The van der Waals surface area contributed by atoms with Crippen molar-refractivity contribution in [1.29, 1.82) is 0 Å². The molecule has 1 N–H and O–H groups in total. The van der Waals surface area contributed by atoms with Gasteiger partial charge in [-0.1, -0.05) is 67.4 Å². The second-order valence-electron chi connectivity index (χ2n) is 5.48. The van der Waals surface area contributed by atoms with Gasteiger partial charge in [-0.15, -0.1) is 0 Å². The van der Waals surface area contributed by atoms with E-state index < -0.39 is 0 Å². The first-order valence-electron chi connectivity index (χ1n) is 8.09. The molecule has 3 nitrogen and oxygen atoms in total. The van der Waals surface area contributed by atoms with Gasteiger partial charge in [-0.05, 0) is 36.9 Å². The van der Waals surface area contributed by atoms with E-state index >= 15 is 0 Å². The van der Waals surface area contributed by atoms with E-state index in [1.165, 1.54) is 5.56 Å². The third kappa shape index (κ3) is 4.73. The van der Waals surface area contributed by atoms with Crippen LogP contribution in [0.2, 0.25) is 10.0 Å². The molecule has 0 aliphatic heterocycles. The number of benzene rings is 2. The molecule has 1 atom stereocenters. The standard InChI is InChI=1S/C19H22Cl2N2O/c1-3-23(4-2)18(14-8-6-5-7-9-14)13-22-19(24)16-12-15(20)10-11-17(16)21/h5-12,18H,3-4,13H2,1-2H3,(H,22,24). The summed E-state index contributed by atoms with van der Waals surface area (Å²) in [4.78, 5) is 14.8. The highest BCUT2D eigenvalue weighted by Crippen LogP contribution is 2.22. The van der Waals surface area contributed by atoms with Crippen LogP contribution in [0.4, 0.5) is 0 Å². The summed E-state index contributed by atoms with van der Waals surface area (Å²) >= 11 is 12.1. The van der Waals surface area contributed by atoms with E-state index in [0.717, 1.165) is 13.1 Å². The number of nitrogens with one attached hydrogen (secondary N) is 1. The Morgan fingerprint density at radius 3 is 2.38 bits per heavy atom. The first-order chi connectivity index (χ1) is 11.6. The number of hydrogen-bond acceptors (Lipinski definition) is 2. The Kier molecular flexibility index (Phi) is 7.10. The third-order valence-electron chi connectivity index (χ3n) is 4.07. The fraction of sp³-hybridized carbons (Fsp3) is 0.316. The number of hydrogen-bond donors (Lipinski definition) is 1. The van der Waals surface area contributed by atoms with Gasteiger partial charge in [0.1, 0.15) is 0 Å². The van der Waals surface area contributed by atoms with Gasteiger partial charge in [0.2, 0.25) is 0 Å². The number of amides is 1. The first kappa shape index (κ1) is 18.8. The summed E-state index contributed by atoms with van der Waals surface area (Å²) in [6.07, 6.45) is 0. The van der Waals surface area contributed by atoms with Crippen molar-refractivity contribution in [2.45, 2.75) is 19.9 Å². The number of carbonyl (C=O) groups excluding carboxylic acids is 1. The molecule has 0 saturated heterocycles. The Bertz CT molecular complexity index is 672. The normalized spacial score (nSPS) is 12.2. The van der Waals surface area contributed by atoms with Gasteiger partial charge in [-0.3, -0.25) is 9.69 Å². The number of rotatable bonds is 7. The van der Waals surface area contributed by atoms with E-state index in [4.69, 9.17) is 23.2 Å². The fourth-order valence-corrected chi connectivity index (χ4v) is 3.13. The van der Waals surface area contributed by atoms with Crippen molar-refractivity contribution in [1.82, 2.24) is 10.2 Å². The van der Waals surface area contributed by atoms with Gasteiger partial charge in [-0.2, -0.15) is 0 Å². The van der Waals surface area contributed by atoms with E-state index in [1.54, 1.807) is 18.2 Å². The largest absolute Gasteiger partial charge is 0.350 e. The summed E-state index contributed by atoms with van der Waals surface area (Å²) in [5.41, 5.74) is 1.58. The highest BCUT2D eigenvalue weighted by atomic mass is 35.5. The van der Waals surface area contributed by atoms with Crippen molar-refractivity contribution in [3.8, 4) is 0 Å². The smallest absolute Gasteiger partial charge is 0.252 e. The van der Waals surface area contributed by atoms with E-state index in [1.807, 2.05) is 18.2 Å². The van der Waals surface area contributed by atoms with E-state index in [-0.39, 0.29) is 11.9 Å². The van der Waals surface area contributed by atoms with Gasteiger partial charge < -0.3 is 5.32 Å². The molecule has 0 bridgehead atoms. The molecular formula is C19H22Cl2N2O. The lowest BCUT2D eigenvalue weighted by molar-refractivity contribution is 0.0935. The van der Waals surface area contributed by atoms with Gasteiger partial charge in [0.05, 0.1) is 16.6 Å². The fourth-order valence-electron chi connectivity index (χ4n) is 2.75. The molecule has 0 aliphatic rings. The van der Waals surface area contributed by atoms with Crippen LogP contribution in [0, 0.1) is 0 Å². The Morgan fingerprint density at radius 1 is 1.08 bits per heavy atom. The maximum atomic E-state index is 12.5. The minimum absolute atomic E-state index is 0.114. The quantitative estimate of drug-likeness (QED) is 0.764. The molecule has 0 heterocycles. The Balaban J connectivity index is 2.15. The van der Waals surface area contributed by atoms with Gasteiger partial charge >= 0.3 is 0 Å². The monoisotopic (exact) mass is 364 g/mol. The first-order valence-corrected chi connectivity index (χ1v) is 8.84. The highest BCUT2D eigenvalue weighted by molar-refractivity contribution is 6.35. The SMILES string of the molecule is CCN(CC)C(CNC(=O)c1cc(Cl)ccc1Cl)c1ccccc1. The summed E-state index contributed by atoms with van der Waals surface area (Å²) in [6.45, 7) is 6.56. The predicted octanol–water partition coefficient (Wildman–Crippen LogP) is 4.81. The molecule has 0 radical (unpaired) electrons. The van der Waals surface area contributed by atoms with Gasteiger partial charge in [0.15, 0.2) is 0 Å². The molecule has 5 heteroatoms. The van der Waals surface area contributed by atoms with Crippen molar-refractivity contribution < 1.29 is 4.79 Å². The summed E-state index contributed by atoms with van der Waals surface area (Å²) in [6, 6.07) is 15.2. The number of halogens is 2. The lowest BCUT2D eigenvalue weighted by atomic mass is 10.0. The van der Waals surface area contributed by atoms with Crippen molar-refractivity contribution in [2.75, 3.05) is 19.6 Å². The van der Waals surface area contributed by atoms with Gasteiger partial charge in [0.25, 0.3) is 5.91 Å². The maximum Gasteiger partial charge on any atom is 0.252 e. The van der Waals surface area contributed by atoms with Crippen LogP contribution < -0.4 is 5.32 Å². The third-order valence-corrected chi connectivity index (χ3v) is 4.63. The zero-order valence-corrected chi connectivity index (χ0v) is 15.4. The second-order valence-corrected chi connectivity index (χ2v) is 6.33. The van der Waals surface area contributed by atoms with E-state index in [9.17, 15) is 4.79 Å². The van der Waals surface area contributed by atoms with Crippen LogP contribution in [0.1, 0.15) is 35.8 Å². The zero-order valence-electron chi connectivity index (χ0n) is 13.9. The average Bonchev–Trinajstić information content (AvgIpc) is 2.61. The molecule has 0 fully saturated rings. The maximum absolute atomic E-state index is 12.5. The van der Waals surface area contributed by atoms with Crippen molar-refractivity contribution in [3.05, 3.63) is 69.7 Å². The van der Waals surface area contributed by atoms with Crippen LogP contribution >= 0.6 is 23.2 Å². The Morgan fingerprint density at radius 2 is 1.75 bits per heavy atom. The summed E-state index contributed by atoms with van der Waals surface area (Å²) in [7, 11) is 0. The summed E-state index contributed by atoms with van der Waals surface area (Å²) < 4.78 is 0.